The molecule has 2 heterocycles. The number of hydrogen-bond acceptors (Lipinski definition) is 7. The van der Waals surface area contributed by atoms with Crippen LogP contribution in [0.2, 0.25) is 5.02 Å². The Balaban J connectivity index is 1.93. The van der Waals surface area contributed by atoms with Gasteiger partial charge in [-0.3, -0.25) is 9.59 Å². The Bertz CT molecular complexity index is 1220. The maximum atomic E-state index is 13.8. The number of rotatable bonds is 6. The number of benzene rings is 1. The van der Waals surface area contributed by atoms with E-state index in [2.05, 4.69) is 10.3 Å². The first-order chi connectivity index (χ1) is 17.5. The first-order valence-electron chi connectivity index (χ1n) is 12.4. The van der Waals surface area contributed by atoms with Crippen molar-refractivity contribution in [2.24, 2.45) is 17.1 Å². The molecule has 3 N–H and O–H groups in total. The van der Waals surface area contributed by atoms with Crippen LogP contribution in [-0.4, -0.2) is 65.2 Å². The number of amides is 3. The van der Waals surface area contributed by atoms with Crippen LogP contribution in [-0.2, 0) is 14.3 Å². The van der Waals surface area contributed by atoms with E-state index in [0.717, 1.165) is 5.39 Å². The van der Waals surface area contributed by atoms with Crippen LogP contribution in [0.5, 0.6) is 11.6 Å². The zero-order chi connectivity index (χ0) is 28.6. The normalized spacial score (nSPS) is 20.7. The van der Waals surface area contributed by atoms with Crippen LogP contribution in [0.4, 0.5) is 4.79 Å². The number of nitrogens with one attached hydrogen (secondary N) is 1. The molecule has 1 aromatic heterocycles. The van der Waals surface area contributed by atoms with Gasteiger partial charge in [-0.1, -0.05) is 39.3 Å². The standard InChI is InChI=1S/C27H37ClN4O6/c1-14-19(37-23-17-11-15(28)9-10-16(17)18(36-8)12-30-23)13-32(20(14)22(29)33)24(34)21(26(2,3)4)31-25(35)38-27(5,6)7/h9-12,14,19-21H,13H2,1-8H3,(H2,29,33)(H,31,35)/t14-,19+,20+,21-/m1/s1. The number of carbonyl (C=O) groups is 3. The van der Waals surface area contributed by atoms with E-state index in [1.807, 2.05) is 20.8 Å². The van der Waals surface area contributed by atoms with Crippen LogP contribution in [0.25, 0.3) is 10.8 Å². The van der Waals surface area contributed by atoms with Gasteiger partial charge in [0.1, 0.15) is 29.5 Å². The summed E-state index contributed by atoms with van der Waals surface area (Å²) in [6.07, 6.45) is 0.203. The van der Waals surface area contributed by atoms with Gasteiger partial charge >= 0.3 is 6.09 Å². The van der Waals surface area contributed by atoms with Gasteiger partial charge in [0.2, 0.25) is 17.7 Å². The minimum atomic E-state index is -0.983. The molecule has 3 rings (SSSR count). The van der Waals surface area contributed by atoms with Crippen molar-refractivity contribution in [2.45, 2.75) is 72.3 Å². The van der Waals surface area contributed by atoms with Crippen LogP contribution < -0.4 is 20.5 Å². The molecular formula is C27H37ClN4O6. The van der Waals surface area contributed by atoms with E-state index in [1.165, 1.54) is 4.90 Å². The Hall–Kier alpha value is -3.27. The van der Waals surface area contributed by atoms with Gasteiger partial charge in [-0.05, 0) is 44.4 Å². The van der Waals surface area contributed by atoms with E-state index < -0.39 is 53.0 Å². The number of nitrogens with zero attached hydrogens (tertiary/aromatic N) is 2. The molecule has 0 spiro atoms. The van der Waals surface area contributed by atoms with Gasteiger partial charge in [0.15, 0.2) is 0 Å². The highest BCUT2D eigenvalue weighted by Gasteiger charge is 2.49. The molecule has 38 heavy (non-hydrogen) atoms. The smallest absolute Gasteiger partial charge is 0.408 e. The van der Waals surface area contributed by atoms with E-state index in [-0.39, 0.29) is 12.4 Å². The van der Waals surface area contributed by atoms with Crippen molar-refractivity contribution in [1.82, 2.24) is 15.2 Å². The van der Waals surface area contributed by atoms with Crippen molar-refractivity contribution in [2.75, 3.05) is 13.7 Å². The number of carbonyl (C=O) groups excluding carboxylic acids is 3. The Kier molecular flexibility index (Phi) is 8.36. The molecular weight excluding hydrogens is 512 g/mol. The number of nitrogens with two attached hydrogens (primary N) is 1. The largest absolute Gasteiger partial charge is 0.494 e. The van der Waals surface area contributed by atoms with Crippen molar-refractivity contribution in [3.05, 3.63) is 29.4 Å². The number of aromatic nitrogens is 1. The minimum Gasteiger partial charge on any atom is -0.494 e. The summed E-state index contributed by atoms with van der Waals surface area (Å²) in [6, 6.07) is 3.33. The highest BCUT2D eigenvalue weighted by molar-refractivity contribution is 6.31. The van der Waals surface area contributed by atoms with Gasteiger partial charge in [0.05, 0.1) is 19.9 Å². The highest BCUT2D eigenvalue weighted by Crippen LogP contribution is 2.36. The van der Waals surface area contributed by atoms with Crippen LogP contribution in [0.3, 0.4) is 0 Å². The predicted octanol–water partition coefficient (Wildman–Crippen LogP) is 3.92. The molecule has 11 heteroatoms. The molecule has 1 fully saturated rings. The molecule has 0 unspecified atom stereocenters. The molecule has 1 saturated heterocycles. The van der Waals surface area contributed by atoms with Crippen LogP contribution in [0.1, 0.15) is 48.5 Å². The van der Waals surface area contributed by atoms with Gasteiger partial charge in [-0.2, -0.15) is 0 Å². The average molecular weight is 549 g/mol. The number of fused-ring (bicyclic) bond motifs is 1. The average Bonchev–Trinajstić information content (AvgIpc) is 3.11. The van der Waals surface area contributed by atoms with Crippen molar-refractivity contribution in [3.63, 3.8) is 0 Å². The SMILES string of the molecule is COc1cnc(O[C@H]2CN(C(=O)[C@@H](NC(=O)OC(C)(C)C)C(C)(C)C)[C@H](C(N)=O)[C@@H]2C)c2cc(Cl)ccc12. The van der Waals surface area contributed by atoms with E-state index in [4.69, 9.17) is 31.5 Å². The lowest BCUT2D eigenvalue weighted by molar-refractivity contribution is -0.141. The summed E-state index contributed by atoms with van der Waals surface area (Å²) in [4.78, 5) is 44.8. The third-order valence-electron chi connectivity index (χ3n) is 6.40. The predicted molar refractivity (Wildman–Crippen MR) is 144 cm³/mol. The zero-order valence-corrected chi connectivity index (χ0v) is 23.9. The lowest BCUT2D eigenvalue weighted by Crippen LogP contribution is -2.58. The molecule has 2 aromatic rings. The third-order valence-corrected chi connectivity index (χ3v) is 6.64. The van der Waals surface area contributed by atoms with Gasteiger partial charge < -0.3 is 30.2 Å². The summed E-state index contributed by atoms with van der Waals surface area (Å²) in [7, 11) is 1.54. The second kappa shape index (κ2) is 10.8. The lowest BCUT2D eigenvalue weighted by Gasteiger charge is -2.35. The number of likely N-dealkylation sites (tertiary alicyclic amines) is 1. The zero-order valence-electron chi connectivity index (χ0n) is 23.1. The van der Waals surface area contributed by atoms with Crippen molar-refractivity contribution in [3.8, 4) is 11.6 Å². The summed E-state index contributed by atoms with van der Waals surface area (Å²) >= 11 is 6.24. The molecule has 3 amide bonds. The van der Waals surface area contributed by atoms with Crippen molar-refractivity contribution < 1.29 is 28.6 Å². The molecule has 208 valence electrons. The Morgan fingerprint density at radius 1 is 1.16 bits per heavy atom. The second-order valence-electron chi connectivity index (χ2n) is 11.6. The molecule has 4 atom stereocenters. The summed E-state index contributed by atoms with van der Waals surface area (Å²) in [6.45, 7) is 12.5. The summed E-state index contributed by atoms with van der Waals surface area (Å²) in [5, 5.41) is 4.56. The number of hydrogen-bond donors (Lipinski definition) is 2. The van der Waals surface area contributed by atoms with Crippen molar-refractivity contribution >= 4 is 40.3 Å². The minimum absolute atomic E-state index is 0.0615. The molecule has 1 aliphatic rings. The fourth-order valence-electron chi connectivity index (χ4n) is 4.55. The molecule has 10 nitrogen and oxygen atoms in total. The number of pyridine rings is 1. The van der Waals surface area contributed by atoms with Gasteiger partial charge in [-0.25, -0.2) is 9.78 Å². The molecule has 0 saturated carbocycles. The van der Waals surface area contributed by atoms with E-state index in [9.17, 15) is 14.4 Å². The van der Waals surface area contributed by atoms with Gasteiger partial charge in [-0.15, -0.1) is 0 Å². The van der Waals surface area contributed by atoms with Crippen molar-refractivity contribution in [1.29, 1.82) is 0 Å². The van der Waals surface area contributed by atoms with Gasteiger partial charge in [0, 0.05) is 21.7 Å². The molecule has 0 radical (unpaired) electrons. The monoisotopic (exact) mass is 548 g/mol. The lowest BCUT2D eigenvalue weighted by atomic mass is 9.85. The van der Waals surface area contributed by atoms with E-state index in [1.54, 1.807) is 59.2 Å². The van der Waals surface area contributed by atoms with Crippen LogP contribution in [0.15, 0.2) is 24.4 Å². The Morgan fingerprint density at radius 2 is 1.82 bits per heavy atom. The molecule has 1 aliphatic heterocycles. The Morgan fingerprint density at radius 3 is 2.37 bits per heavy atom. The van der Waals surface area contributed by atoms with Crippen LogP contribution >= 0.6 is 11.6 Å². The number of halogens is 1. The number of alkyl carbamates (subject to hydrolysis) is 1. The second-order valence-corrected chi connectivity index (χ2v) is 12.1. The maximum absolute atomic E-state index is 13.8. The third kappa shape index (κ3) is 6.40. The fourth-order valence-corrected chi connectivity index (χ4v) is 4.72. The first kappa shape index (κ1) is 29.3. The van der Waals surface area contributed by atoms with Gasteiger partial charge in [0.25, 0.3) is 0 Å². The highest BCUT2D eigenvalue weighted by atomic mass is 35.5. The number of ether oxygens (including phenoxy) is 3. The fraction of sp³-hybridized carbons (Fsp3) is 0.556. The topological polar surface area (TPSA) is 133 Å². The van der Waals surface area contributed by atoms with E-state index >= 15 is 0 Å². The summed E-state index contributed by atoms with van der Waals surface area (Å²) in [5.41, 5.74) is 4.33. The summed E-state index contributed by atoms with van der Waals surface area (Å²) < 4.78 is 17.1. The Labute approximate surface area is 228 Å². The quantitative estimate of drug-likeness (QED) is 0.559. The first-order valence-corrected chi connectivity index (χ1v) is 12.8. The number of primary amides is 1. The van der Waals surface area contributed by atoms with Crippen LogP contribution in [0, 0.1) is 11.3 Å². The maximum Gasteiger partial charge on any atom is 0.408 e. The molecule has 0 aliphatic carbocycles. The number of methoxy groups -OCH3 is 1. The molecule has 0 bridgehead atoms. The molecule has 1 aromatic carbocycles. The summed E-state index contributed by atoms with van der Waals surface area (Å²) in [5.74, 6) is -0.747. The van der Waals surface area contributed by atoms with E-state index in [0.29, 0.717) is 16.2 Å².